The normalized spacial score (nSPS) is 12.1. The molecule has 52 heavy (non-hydrogen) atoms. The fourth-order valence-electron chi connectivity index (χ4n) is 8.10. The van der Waals surface area contributed by atoms with Crippen LogP contribution in [0, 0.1) is 0 Å². The summed E-state index contributed by atoms with van der Waals surface area (Å²) in [6.07, 6.45) is 3.42. The van der Waals surface area contributed by atoms with Gasteiger partial charge in [-0.25, -0.2) is 4.99 Å². The van der Waals surface area contributed by atoms with Crippen molar-refractivity contribution in [2.45, 2.75) is 6.92 Å². The van der Waals surface area contributed by atoms with Crippen molar-refractivity contribution in [1.82, 2.24) is 0 Å². The molecule has 0 saturated heterocycles. The number of aliphatic imine (C=N–C) groups is 1. The van der Waals surface area contributed by atoms with Gasteiger partial charge in [-0.3, -0.25) is 0 Å². The molecule has 0 aliphatic carbocycles. The van der Waals surface area contributed by atoms with E-state index in [1.54, 1.807) is 0 Å². The highest BCUT2D eigenvalue weighted by atomic mass is 14.8. The Morgan fingerprint density at radius 3 is 1.23 bits per heavy atom. The summed E-state index contributed by atoms with van der Waals surface area (Å²) >= 11 is 0. The van der Waals surface area contributed by atoms with Crippen LogP contribution in [0.15, 0.2) is 187 Å². The van der Waals surface area contributed by atoms with Crippen molar-refractivity contribution in [2.75, 3.05) is 0 Å². The number of hydrogen-bond acceptors (Lipinski definition) is 1. The maximum Gasteiger partial charge on any atom is 0.0860 e. The minimum absolute atomic E-state index is 0.866. The van der Waals surface area contributed by atoms with Gasteiger partial charge >= 0.3 is 0 Å². The molecule has 246 valence electrons. The summed E-state index contributed by atoms with van der Waals surface area (Å²) in [5.41, 5.74) is 17.5. The van der Waals surface area contributed by atoms with Gasteiger partial charge in [-0.05, 0) is 101 Å². The minimum Gasteiger partial charge on any atom is -0.390 e. The van der Waals surface area contributed by atoms with Crippen molar-refractivity contribution >= 4 is 55.1 Å². The van der Waals surface area contributed by atoms with Gasteiger partial charge in [-0.15, -0.1) is 0 Å². The summed E-state index contributed by atoms with van der Waals surface area (Å²) in [6, 6.07) is 63.8. The Balaban J connectivity index is 1.29. The summed E-state index contributed by atoms with van der Waals surface area (Å²) in [4.78, 5) is 4.57. The van der Waals surface area contributed by atoms with Crippen molar-refractivity contribution in [3.63, 3.8) is 0 Å². The molecule has 2 heteroatoms. The first kappa shape index (κ1) is 31.2. The molecule has 9 aromatic carbocycles. The summed E-state index contributed by atoms with van der Waals surface area (Å²) in [7, 11) is 0. The van der Waals surface area contributed by atoms with Gasteiger partial charge in [0.15, 0.2) is 0 Å². The van der Waals surface area contributed by atoms with Crippen molar-refractivity contribution < 1.29 is 0 Å². The van der Waals surface area contributed by atoms with Crippen LogP contribution in [-0.2, 0) is 0 Å². The largest absolute Gasteiger partial charge is 0.390 e. The third kappa shape index (κ3) is 5.16. The van der Waals surface area contributed by atoms with Crippen LogP contribution in [0.25, 0.3) is 93.3 Å². The Morgan fingerprint density at radius 1 is 0.385 bits per heavy atom. The lowest BCUT2D eigenvalue weighted by Gasteiger charge is -2.20. The second-order valence-electron chi connectivity index (χ2n) is 13.2. The SMILES string of the molecule is C/C=C(\N=CN)c1c2ccccc2c(-c2ccc(-c3c4ccccc4c(-c4ccccc4)c4cc(-c5ccccc5)ccc34)cc2)c2ccccc12. The lowest BCUT2D eigenvalue weighted by molar-refractivity contribution is 1.52. The van der Waals surface area contributed by atoms with Crippen molar-refractivity contribution in [2.24, 2.45) is 10.7 Å². The van der Waals surface area contributed by atoms with Gasteiger partial charge in [-0.2, -0.15) is 0 Å². The second-order valence-corrected chi connectivity index (χ2v) is 13.2. The summed E-state index contributed by atoms with van der Waals surface area (Å²) in [6.45, 7) is 2.01. The molecular weight excluding hydrogens is 629 g/mol. The maximum absolute atomic E-state index is 5.82. The second kappa shape index (κ2) is 13.2. The molecule has 0 saturated carbocycles. The molecule has 0 unspecified atom stereocenters. The summed E-state index contributed by atoms with van der Waals surface area (Å²) < 4.78 is 0. The molecular formula is C50H36N2. The zero-order valence-corrected chi connectivity index (χ0v) is 28.9. The third-order valence-corrected chi connectivity index (χ3v) is 10.3. The molecule has 0 aliphatic heterocycles. The Kier molecular flexibility index (Phi) is 7.91. The maximum atomic E-state index is 5.82. The van der Waals surface area contributed by atoms with E-state index >= 15 is 0 Å². The van der Waals surface area contributed by atoms with Gasteiger partial charge in [0.25, 0.3) is 0 Å². The lowest BCUT2D eigenvalue weighted by Crippen LogP contribution is -1.95. The number of nitrogens with two attached hydrogens (primary N) is 1. The van der Waals surface area contributed by atoms with Gasteiger partial charge in [0.2, 0.25) is 0 Å². The highest BCUT2D eigenvalue weighted by molar-refractivity contribution is 6.22. The molecule has 9 aromatic rings. The van der Waals surface area contributed by atoms with Crippen LogP contribution in [-0.4, -0.2) is 6.34 Å². The Hall–Kier alpha value is -6.77. The predicted octanol–water partition coefficient (Wildman–Crippen LogP) is 13.3. The zero-order chi connectivity index (χ0) is 35.0. The van der Waals surface area contributed by atoms with Crippen LogP contribution in [0.5, 0.6) is 0 Å². The molecule has 0 aliphatic rings. The zero-order valence-electron chi connectivity index (χ0n) is 28.9. The van der Waals surface area contributed by atoms with Gasteiger partial charge in [0.05, 0.1) is 12.0 Å². The van der Waals surface area contributed by atoms with Crippen LogP contribution in [0.2, 0.25) is 0 Å². The lowest BCUT2D eigenvalue weighted by atomic mass is 9.84. The first-order valence-electron chi connectivity index (χ1n) is 17.8. The van der Waals surface area contributed by atoms with Gasteiger partial charge in [0.1, 0.15) is 0 Å². The molecule has 2 nitrogen and oxygen atoms in total. The van der Waals surface area contributed by atoms with Gasteiger partial charge in [-0.1, -0.05) is 176 Å². The standard InChI is InChI=1S/C50H36N2/c1-2-46(52-32-51)50-42-23-13-11-21-40(42)47(41-22-12-14-24-43(41)50)35-25-27-36(28-26-35)48-38-19-9-10-20-39(38)49(34-17-7-4-8-18-34)45-31-37(29-30-44(45)48)33-15-5-3-6-16-33/h2-32H,1H3,(H2,51,52)/b46-2-. The van der Waals surface area contributed by atoms with E-state index in [1.165, 1.54) is 83.2 Å². The average molecular weight is 665 g/mol. The van der Waals surface area contributed by atoms with E-state index in [0.29, 0.717) is 0 Å². The fourth-order valence-corrected chi connectivity index (χ4v) is 8.10. The molecule has 0 amide bonds. The monoisotopic (exact) mass is 664 g/mol. The van der Waals surface area contributed by atoms with Gasteiger partial charge < -0.3 is 5.73 Å². The van der Waals surface area contributed by atoms with Crippen LogP contribution < -0.4 is 5.73 Å². The van der Waals surface area contributed by atoms with Crippen LogP contribution in [0.1, 0.15) is 12.5 Å². The quantitative estimate of drug-likeness (QED) is 0.107. The Morgan fingerprint density at radius 2 is 0.750 bits per heavy atom. The molecule has 0 spiro atoms. The third-order valence-electron chi connectivity index (χ3n) is 10.3. The number of hydrogen-bond donors (Lipinski definition) is 1. The van der Waals surface area contributed by atoms with E-state index in [0.717, 1.165) is 22.0 Å². The van der Waals surface area contributed by atoms with Gasteiger partial charge in [0, 0.05) is 5.56 Å². The number of rotatable bonds is 6. The Labute approximate surface area is 303 Å². The highest BCUT2D eigenvalue weighted by Gasteiger charge is 2.20. The summed E-state index contributed by atoms with van der Waals surface area (Å²) in [5.74, 6) is 0. The topological polar surface area (TPSA) is 38.4 Å². The van der Waals surface area contributed by atoms with E-state index < -0.39 is 0 Å². The fraction of sp³-hybridized carbons (Fsp3) is 0.0200. The minimum atomic E-state index is 0.866. The number of nitrogens with zero attached hydrogens (tertiary/aromatic N) is 1. The molecule has 0 fully saturated rings. The van der Waals surface area contributed by atoms with E-state index in [2.05, 4.69) is 181 Å². The first-order valence-corrected chi connectivity index (χ1v) is 17.8. The Bertz CT molecular complexity index is 2770. The molecule has 0 aromatic heterocycles. The molecule has 0 atom stereocenters. The number of fused-ring (bicyclic) bond motifs is 4. The molecule has 0 heterocycles. The molecule has 2 N–H and O–H groups in total. The average Bonchev–Trinajstić information content (AvgIpc) is 3.21. The molecule has 0 bridgehead atoms. The van der Waals surface area contributed by atoms with Crippen LogP contribution in [0.4, 0.5) is 0 Å². The predicted molar refractivity (Wildman–Crippen MR) is 225 cm³/mol. The van der Waals surface area contributed by atoms with E-state index in [4.69, 9.17) is 5.73 Å². The van der Waals surface area contributed by atoms with Crippen molar-refractivity contribution in [1.29, 1.82) is 0 Å². The smallest absolute Gasteiger partial charge is 0.0860 e. The van der Waals surface area contributed by atoms with Crippen molar-refractivity contribution in [3.05, 3.63) is 188 Å². The van der Waals surface area contributed by atoms with E-state index in [1.807, 2.05) is 13.0 Å². The number of allylic oxidation sites excluding steroid dienone is 1. The van der Waals surface area contributed by atoms with Crippen LogP contribution >= 0.6 is 0 Å². The first-order chi connectivity index (χ1) is 25.7. The molecule has 9 rings (SSSR count). The van der Waals surface area contributed by atoms with E-state index in [-0.39, 0.29) is 0 Å². The van der Waals surface area contributed by atoms with Crippen molar-refractivity contribution in [3.8, 4) is 44.5 Å². The van der Waals surface area contributed by atoms with E-state index in [9.17, 15) is 0 Å². The summed E-state index contributed by atoms with van der Waals surface area (Å²) in [5, 5.41) is 9.66. The molecule has 0 radical (unpaired) electrons. The number of benzene rings is 9. The van der Waals surface area contributed by atoms with Crippen LogP contribution in [0.3, 0.4) is 0 Å². The highest BCUT2D eigenvalue weighted by Crippen LogP contribution is 2.46.